The standard InChI is InChI=1S/C17H18N2O2/c20-19(21)17-9-5-13(6-10-17)12-18-16-8-7-14-3-1-2-4-15(14)11-16/h1-6,9-10,16,18H,7-8,11-12H2. The highest BCUT2D eigenvalue weighted by Crippen LogP contribution is 2.21. The van der Waals surface area contributed by atoms with Crippen LogP contribution in [0.4, 0.5) is 5.69 Å². The Labute approximate surface area is 124 Å². The molecule has 0 aromatic heterocycles. The lowest BCUT2D eigenvalue weighted by molar-refractivity contribution is -0.384. The molecule has 0 aliphatic heterocycles. The largest absolute Gasteiger partial charge is 0.310 e. The van der Waals surface area contributed by atoms with Crippen LogP contribution in [0.3, 0.4) is 0 Å². The summed E-state index contributed by atoms with van der Waals surface area (Å²) in [5.41, 5.74) is 4.13. The molecule has 108 valence electrons. The van der Waals surface area contributed by atoms with Gasteiger partial charge < -0.3 is 5.32 Å². The van der Waals surface area contributed by atoms with Crippen LogP contribution in [0.15, 0.2) is 48.5 Å². The highest BCUT2D eigenvalue weighted by atomic mass is 16.6. The Morgan fingerprint density at radius 1 is 1.10 bits per heavy atom. The lowest BCUT2D eigenvalue weighted by Crippen LogP contribution is -2.34. The number of nitrogens with zero attached hydrogens (tertiary/aromatic N) is 1. The van der Waals surface area contributed by atoms with Gasteiger partial charge in [-0.2, -0.15) is 0 Å². The van der Waals surface area contributed by atoms with Crippen molar-refractivity contribution in [1.82, 2.24) is 5.32 Å². The maximum absolute atomic E-state index is 10.6. The first-order chi connectivity index (χ1) is 10.2. The summed E-state index contributed by atoms with van der Waals surface area (Å²) in [5.74, 6) is 0. The third kappa shape index (κ3) is 3.28. The smallest absolute Gasteiger partial charge is 0.269 e. The molecule has 0 heterocycles. The van der Waals surface area contributed by atoms with Crippen molar-refractivity contribution < 1.29 is 4.92 Å². The summed E-state index contributed by atoms with van der Waals surface area (Å²) in [7, 11) is 0. The minimum Gasteiger partial charge on any atom is -0.310 e. The number of nitrogens with one attached hydrogen (secondary N) is 1. The monoisotopic (exact) mass is 282 g/mol. The predicted molar refractivity (Wildman–Crippen MR) is 82.2 cm³/mol. The van der Waals surface area contributed by atoms with E-state index in [-0.39, 0.29) is 10.6 Å². The molecule has 1 aliphatic rings. The SMILES string of the molecule is O=[N+]([O-])c1ccc(CNC2CCc3ccccc3C2)cc1. The van der Waals surface area contributed by atoms with Crippen molar-refractivity contribution in [2.24, 2.45) is 0 Å². The van der Waals surface area contributed by atoms with Crippen LogP contribution in [-0.4, -0.2) is 11.0 Å². The van der Waals surface area contributed by atoms with E-state index in [1.807, 2.05) is 12.1 Å². The van der Waals surface area contributed by atoms with E-state index in [4.69, 9.17) is 0 Å². The molecule has 0 fully saturated rings. The van der Waals surface area contributed by atoms with Crippen LogP contribution in [0, 0.1) is 10.1 Å². The molecule has 0 amide bonds. The lowest BCUT2D eigenvalue weighted by atomic mass is 9.88. The van der Waals surface area contributed by atoms with E-state index < -0.39 is 0 Å². The van der Waals surface area contributed by atoms with Gasteiger partial charge >= 0.3 is 0 Å². The van der Waals surface area contributed by atoms with Crippen LogP contribution in [0.1, 0.15) is 23.1 Å². The van der Waals surface area contributed by atoms with E-state index in [0.29, 0.717) is 6.04 Å². The number of non-ortho nitro benzene ring substituents is 1. The number of hydrogen-bond acceptors (Lipinski definition) is 3. The maximum atomic E-state index is 10.6. The van der Waals surface area contributed by atoms with Crippen LogP contribution in [0.25, 0.3) is 0 Å². The van der Waals surface area contributed by atoms with Crippen molar-refractivity contribution in [2.75, 3.05) is 0 Å². The van der Waals surface area contributed by atoms with Crippen molar-refractivity contribution in [2.45, 2.75) is 31.8 Å². The number of hydrogen-bond donors (Lipinski definition) is 1. The van der Waals surface area contributed by atoms with E-state index in [0.717, 1.165) is 31.4 Å². The molecule has 2 aromatic rings. The normalized spacial score (nSPS) is 17.2. The van der Waals surface area contributed by atoms with Crippen LogP contribution < -0.4 is 5.32 Å². The minimum absolute atomic E-state index is 0.144. The zero-order valence-electron chi connectivity index (χ0n) is 11.8. The van der Waals surface area contributed by atoms with Crippen molar-refractivity contribution in [3.8, 4) is 0 Å². The van der Waals surface area contributed by atoms with E-state index >= 15 is 0 Å². The Morgan fingerprint density at radius 2 is 1.81 bits per heavy atom. The number of fused-ring (bicyclic) bond motifs is 1. The molecule has 4 heteroatoms. The van der Waals surface area contributed by atoms with Crippen molar-refractivity contribution >= 4 is 5.69 Å². The molecule has 0 saturated carbocycles. The molecule has 0 spiro atoms. The van der Waals surface area contributed by atoms with Crippen LogP contribution >= 0.6 is 0 Å². The van der Waals surface area contributed by atoms with E-state index in [1.54, 1.807) is 12.1 Å². The average Bonchev–Trinajstić information content (AvgIpc) is 2.53. The van der Waals surface area contributed by atoms with Crippen molar-refractivity contribution in [1.29, 1.82) is 0 Å². The fourth-order valence-corrected chi connectivity index (χ4v) is 2.87. The second kappa shape index (κ2) is 6.06. The highest BCUT2D eigenvalue weighted by molar-refractivity contribution is 5.33. The third-order valence-electron chi connectivity index (χ3n) is 4.09. The summed E-state index contributed by atoms with van der Waals surface area (Å²) in [5, 5.41) is 14.2. The van der Waals surface area contributed by atoms with Gasteiger partial charge in [-0.25, -0.2) is 0 Å². The molecule has 1 aliphatic carbocycles. The van der Waals surface area contributed by atoms with Gasteiger partial charge in [0.2, 0.25) is 0 Å². The summed E-state index contributed by atoms with van der Waals surface area (Å²) in [6.45, 7) is 0.755. The molecule has 2 aromatic carbocycles. The summed E-state index contributed by atoms with van der Waals surface area (Å²) < 4.78 is 0. The van der Waals surface area contributed by atoms with Gasteiger partial charge in [0.05, 0.1) is 4.92 Å². The Bertz CT molecular complexity index is 637. The fraction of sp³-hybridized carbons (Fsp3) is 0.294. The first-order valence-electron chi connectivity index (χ1n) is 7.26. The van der Waals surface area contributed by atoms with Crippen molar-refractivity contribution in [3.05, 3.63) is 75.3 Å². The lowest BCUT2D eigenvalue weighted by Gasteiger charge is -2.25. The van der Waals surface area contributed by atoms with E-state index in [9.17, 15) is 10.1 Å². The third-order valence-corrected chi connectivity index (χ3v) is 4.09. The van der Waals surface area contributed by atoms with Crippen LogP contribution in [0.2, 0.25) is 0 Å². The molecule has 1 N–H and O–H groups in total. The zero-order valence-corrected chi connectivity index (χ0v) is 11.8. The molecule has 0 saturated heterocycles. The van der Waals surface area contributed by atoms with E-state index in [1.165, 1.54) is 11.1 Å². The summed E-state index contributed by atoms with van der Waals surface area (Å²) in [6.07, 6.45) is 3.32. The zero-order chi connectivity index (χ0) is 14.7. The van der Waals surface area contributed by atoms with Crippen LogP contribution in [-0.2, 0) is 19.4 Å². The van der Waals surface area contributed by atoms with Gasteiger partial charge in [-0.15, -0.1) is 0 Å². The molecule has 0 bridgehead atoms. The fourth-order valence-electron chi connectivity index (χ4n) is 2.87. The molecule has 3 rings (SSSR count). The van der Waals surface area contributed by atoms with E-state index in [2.05, 4.69) is 29.6 Å². The van der Waals surface area contributed by atoms with Gasteiger partial charge in [0.25, 0.3) is 5.69 Å². The highest BCUT2D eigenvalue weighted by Gasteiger charge is 2.17. The quantitative estimate of drug-likeness (QED) is 0.692. The first-order valence-corrected chi connectivity index (χ1v) is 7.26. The Balaban J connectivity index is 1.57. The van der Waals surface area contributed by atoms with Gasteiger partial charge in [-0.3, -0.25) is 10.1 Å². The second-order valence-electron chi connectivity index (χ2n) is 5.51. The number of rotatable bonds is 4. The maximum Gasteiger partial charge on any atom is 0.269 e. The first kappa shape index (κ1) is 13.8. The molecular formula is C17H18N2O2. The van der Waals surface area contributed by atoms with Crippen molar-refractivity contribution in [3.63, 3.8) is 0 Å². The van der Waals surface area contributed by atoms with Gasteiger partial charge in [-0.05, 0) is 36.0 Å². The number of nitro benzene ring substituents is 1. The number of nitro groups is 1. The molecule has 0 radical (unpaired) electrons. The van der Waals surface area contributed by atoms with Gasteiger partial charge in [0.1, 0.15) is 0 Å². The molecule has 4 nitrogen and oxygen atoms in total. The minimum atomic E-state index is -0.366. The summed E-state index contributed by atoms with van der Waals surface area (Å²) in [6, 6.07) is 15.9. The average molecular weight is 282 g/mol. The Morgan fingerprint density at radius 3 is 2.52 bits per heavy atom. The predicted octanol–water partition coefficient (Wildman–Crippen LogP) is 3.24. The Hall–Kier alpha value is -2.20. The molecule has 21 heavy (non-hydrogen) atoms. The topological polar surface area (TPSA) is 55.2 Å². The van der Waals surface area contributed by atoms with Gasteiger partial charge in [0, 0.05) is 24.7 Å². The van der Waals surface area contributed by atoms with Crippen LogP contribution in [0.5, 0.6) is 0 Å². The number of benzene rings is 2. The van der Waals surface area contributed by atoms with Gasteiger partial charge in [0.15, 0.2) is 0 Å². The second-order valence-corrected chi connectivity index (χ2v) is 5.51. The number of aryl methyl sites for hydroxylation is 1. The molecule has 1 unspecified atom stereocenters. The Kier molecular flexibility index (Phi) is 3.97. The summed E-state index contributed by atoms with van der Waals surface area (Å²) in [4.78, 5) is 10.3. The molecular weight excluding hydrogens is 264 g/mol. The van der Waals surface area contributed by atoms with Gasteiger partial charge in [-0.1, -0.05) is 36.4 Å². The molecule has 1 atom stereocenters. The summed E-state index contributed by atoms with van der Waals surface area (Å²) >= 11 is 0.